The van der Waals surface area contributed by atoms with E-state index >= 15 is 0 Å². The number of benzene rings is 1. The molecule has 1 amide bonds. The number of carbonyl (C=O) groups is 3. The number of aliphatic carboxylic acids is 1. The molecular formula is C17H21NO5. The van der Waals surface area contributed by atoms with Crippen LogP contribution < -0.4 is 10.1 Å². The lowest BCUT2D eigenvalue weighted by Gasteiger charge is -2.21. The number of ether oxygens (including phenoxy) is 1. The van der Waals surface area contributed by atoms with Crippen LogP contribution in [0.25, 0.3) is 0 Å². The Bertz CT molecular complexity index is 613. The summed E-state index contributed by atoms with van der Waals surface area (Å²) >= 11 is 0. The van der Waals surface area contributed by atoms with E-state index in [-0.39, 0.29) is 17.7 Å². The average Bonchev–Trinajstić information content (AvgIpc) is 2.95. The van der Waals surface area contributed by atoms with Crippen LogP contribution in [0.3, 0.4) is 0 Å². The minimum Gasteiger partial charge on any atom is -0.481 e. The summed E-state index contributed by atoms with van der Waals surface area (Å²) in [6.45, 7) is 3.06. The molecule has 3 atom stereocenters. The van der Waals surface area contributed by atoms with Crippen LogP contribution in [0.4, 0.5) is 0 Å². The molecule has 0 aliphatic heterocycles. The van der Waals surface area contributed by atoms with Crippen molar-refractivity contribution in [1.82, 2.24) is 5.32 Å². The van der Waals surface area contributed by atoms with E-state index in [9.17, 15) is 14.4 Å². The quantitative estimate of drug-likeness (QED) is 0.783. The lowest BCUT2D eigenvalue weighted by Crippen LogP contribution is -2.45. The van der Waals surface area contributed by atoms with Crippen LogP contribution in [-0.2, 0) is 9.59 Å². The molecule has 0 heterocycles. The van der Waals surface area contributed by atoms with Crippen molar-refractivity contribution in [2.24, 2.45) is 5.92 Å². The molecular weight excluding hydrogens is 298 g/mol. The zero-order valence-corrected chi connectivity index (χ0v) is 13.2. The summed E-state index contributed by atoms with van der Waals surface area (Å²) in [6, 6.07) is 6.27. The molecule has 1 aliphatic rings. The number of carboxylic acid groups (broad SMARTS) is 1. The van der Waals surface area contributed by atoms with Crippen LogP contribution >= 0.6 is 0 Å². The van der Waals surface area contributed by atoms with E-state index < -0.39 is 18.0 Å². The third-order valence-corrected chi connectivity index (χ3v) is 4.08. The van der Waals surface area contributed by atoms with E-state index in [0.29, 0.717) is 24.2 Å². The normalized spacial score (nSPS) is 21.5. The summed E-state index contributed by atoms with van der Waals surface area (Å²) < 4.78 is 5.56. The summed E-state index contributed by atoms with van der Waals surface area (Å²) in [5.41, 5.74) is 0.511. The van der Waals surface area contributed by atoms with Crippen LogP contribution in [0, 0.1) is 5.92 Å². The molecule has 23 heavy (non-hydrogen) atoms. The molecule has 0 aromatic heterocycles. The first-order chi connectivity index (χ1) is 10.9. The van der Waals surface area contributed by atoms with Gasteiger partial charge in [0, 0.05) is 11.6 Å². The van der Waals surface area contributed by atoms with Gasteiger partial charge in [0.05, 0.1) is 5.92 Å². The van der Waals surface area contributed by atoms with Crippen LogP contribution in [-0.4, -0.2) is 34.9 Å². The van der Waals surface area contributed by atoms with Gasteiger partial charge in [-0.15, -0.1) is 0 Å². The fraction of sp³-hybridized carbons (Fsp3) is 0.471. The summed E-state index contributed by atoms with van der Waals surface area (Å²) in [5.74, 6) is -1.41. The Labute approximate surface area is 134 Å². The van der Waals surface area contributed by atoms with Crippen molar-refractivity contribution in [3.8, 4) is 5.75 Å². The van der Waals surface area contributed by atoms with Gasteiger partial charge in [0.25, 0.3) is 5.91 Å². The standard InChI is InChI=1S/C17H21NO5/c1-10(19)12-5-3-6-13(9-12)23-11(2)16(20)18-15-8-4-7-14(15)17(21)22/h3,5-6,9,11,14-15H,4,7-8H2,1-2H3,(H,18,20)(H,21,22)/t11?,14-,15+/m0/s1. The van der Waals surface area contributed by atoms with E-state index in [4.69, 9.17) is 9.84 Å². The van der Waals surface area contributed by atoms with Gasteiger partial charge in [-0.1, -0.05) is 18.6 Å². The highest BCUT2D eigenvalue weighted by molar-refractivity contribution is 5.94. The van der Waals surface area contributed by atoms with E-state index in [1.54, 1.807) is 31.2 Å². The topological polar surface area (TPSA) is 92.7 Å². The van der Waals surface area contributed by atoms with Crippen molar-refractivity contribution in [3.05, 3.63) is 29.8 Å². The maximum atomic E-state index is 12.2. The first-order valence-electron chi connectivity index (χ1n) is 7.69. The van der Waals surface area contributed by atoms with Gasteiger partial charge in [-0.25, -0.2) is 0 Å². The van der Waals surface area contributed by atoms with Gasteiger partial charge in [-0.3, -0.25) is 14.4 Å². The number of nitrogens with one attached hydrogen (secondary N) is 1. The number of hydrogen-bond donors (Lipinski definition) is 2. The Morgan fingerprint density at radius 1 is 1.30 bits per heavy atom. The molecule has 1 unspecified atom stereocenters. The van der Waals surface area contributed by atoms with E-state index in [0.717, 1.165) is 6.42 Å². The van der Waals surface area contributed by atoms with E-state index in [1.165, 1.54) is 6.92 Å². The molecule has 0 saturated heterocycles. The Kier molecular flexibility index (Phi) is 5.36. The summed E-state index contributed by atoms with van der Waals surface area (Å²) in [4.78, 5) is 34.7. The molecule has 0 bridgehead atoms. The molecule has 1 aromatic rings. The van der Waals surface area contributed by atoms with Gasteiger partial charge in [0.1, 0.15) is 5.75 Å². The maximum Gasteiger partial charge on any atom is 0.308 e. The lowest BCUT2D eigenvalue weighted by atomic mass is 10.0. The van der Waals surface area contributed by atoms with E-state index in [1.807, 2.05) is 0 Å². The monoisotopic (exact) mass is 319 g/mol. The summed E-state index contributed by atoms with van der Waals surface area (Å²) in [5, 5.41) is 11.9. The molecule has 0 spiro atoms. The minimum absolute atomic E-state index is 0.0807. The summed E-state index contributed by atoms with van der Waals surface area (Å²) in [6.07, 6.45) is 1.26. The second-order valence-corrected chi connectivity index (χ2v) is 5.83. The van der Waals surface area contributed by atoms with Crippen molar-refractivity contribution >= 4 is 17.7 Å². The Hall–Kier alpha value is -2.37. The molecule has 6 nitrogen and oxygen atoms in total. The second-order valence-electron chi connectivity index (χ2n) is 5.83. The fourth-order valence-corrected chi connectivity index (χ4v) is 2.77. The molecule has 124 valence electrons. The van der Waals surface area contributed by atoms with E-state index in [2.05, 4.69) is 5.32 Å². The molecule has 6 heteroatoms. The Balaban J connectivity index is 1.96. The van der Waals surface area contributed by atoms with Crippen molar-refractivity contribution in [3.63, 3.8) is 0 Å². The van der Waals surface area contributed by atoms with Gasteiger partial charge < -0.3 is 15.2 Å². The fourth-order valence-electron chi connectivity index (χ4n) is 2.77. The first-order valence-corrected chi connectivity index (χ1v) is 7.69. The molecule has 1 aromatic carbocycles. The zero-order chi connectivity index (χ0) is 17.0. The largest absolute Gasteiger partial charge is 0.481 e. The number of amides is 1. The number of carboxylic acids is 1. The van der Waals surface area contributed by atoms with Crippen molar-refractivity contribution in [1.29, 1.82) is 0 Å². The zero-order valence-electron chi connectivity index (χ0n) is 13.2. The van der Waals surface area contributed by atoms with Crippen LogP contribution in [0.1, 0.15) is 43.5 Å². The van der Waals surface area contributed by atoms with Gasteiger partial charge in [0.15, 0.2) is 11.9 Å². The highest BCUT2D eigenvalue weighted by Crippen LogP contribution is 2.26. The average molecular weight is 319 g/mol. The predicted molar refractivity (Wildman–Crippen MR) is 83.4 cm³/mol. The minimum atomic E-state index is -0.879. The van der Waals surface area contributed by atoms with Crippen molar-refractivity contribution < 1.29 is 24.2 Å². The summed E-state index contributed by atoms with van der Waals surface area (Å²) in [7, 11) is 0. The highest BCUT2D eigenvalue weighted by atomic mass is 16.5. The van der Waals surface area contributed by atoms with Gasteiger partial charge >= 0.3 is 5.97 Å². The highest BCUT2D eigenvalue weighted by Gasteiger charge is 2.34. The maximum absolute atomic E-state index is 12.2. The van der Waals surface area contributed by atoms with Gasteiger partial charge in [-0.2, -0.15) is 0 Å². The molecule has 0 radical (unpaired) electrons. The lowest BCUT2D eigenvalue weighted by molar-refractivity contribution is -0.142. The van der Waals surface area contributed by atoms with Gasteiger partial charge in [-0.05, 0) is 38.8 Å². The van der Waals surface area contributed by atoms with Crippen molar-refractivity contribution in [2.45, 2.75) is 45.3 Å². The van der Waals surface area contributed by atoms with Crippen molar-refractivity contribution in [2.75, 3.05) is 0 Å². The number of ketones is 1. The first kappa shape index (κ1) is 17.0. The number of carbonyl (C=O) groups excluding carboxylic acids is 2. The molecule has 2 N–H and O–H groups in total. The molecule has 1 saturated carbocycles. The smallest absolute Gasteiger partial charge is 0.308 e. The Morgan fingerprint density at radius 2 is 2.04 bits per heavy atom. The molecule has 1 aliphatic carbocycles. The predicted octanol–water partition coefficient (Wildman–Crippen LogP) is 2.03. The number of rotatable bonds is 6. The number of hydrogen-bond acceptors (Lipinski definition) is 4. The van der Waals surface area contributed by atoms with Crippen LogP contribution in [0.2, 0.25) is 0 Å². The molecule has 2 rings (SSSR count). The third-order valence-electron chi connectivity index (χ3n) is 4.08. The van der Waals surface area contributed by atoms with Crippen LogP contribution in [0.15, 0.2) is 24.3 Å². The van der Waals surface area contributed by atoms with Gasteiger partial charge in [0.2, 0.25) is 0 Å². The Morgan fingerprint density at radius 3 is 2.70 bits per heavy atom. The third kappa shape index (κ3) is 4.31. The number of Topliss-reactive ketones (excluding diaryl/α,β-unsaturated/α-hetero) is 1. The SMILES string of the molecule is CC(=O)c1cccc(OC(C)C(=O)N[C@@H]2CCC[C@@H]2C(=O)O)c1. The van der Waals surface area contributed by atoms with Crippen LogP contribution in [0.5, 0.6) is 5.75 Å². The second kappa shape index (κ2) is 7.26. The molecule has 1 fully saturated rings.